The second-order valence-electron chi connectivity index (χ2n) is 6.12. The van der Waals surface area contributed by atoms with Gasteiger partial charge in [0.05, 0.1) is 9.88 Å². The second-order valence-corrected chi connectivity index (χ2v) is 10.00. The van der Waals surface area contributed by atoms with Gasteiger partial charge in [-0.15, -0.1) is 11.3 Å². The summed E-state index contributed by atoms with van der Waals surface area (Å²) < 4.78 is 27.2. The number of hydrogen-bond donors (Lipinski definition) is 1. The Balaban J connectivity index is 1.65. The summed E-state index contributed by atoms with van der Waals surface area (Å²) in [5.41, 5.74) is 5.46. The summed E-state index contributed by atoms with van der Waals surface area (Å²) in [4.78, 5) is 14.3. The van der Waals surface area contributed by atoms with Gasteiger partial charge in [0, 0.05) is 26.2 Å². The van der Waals surface area contributed by atoms with E-state index in [1.54, 1.807) is 11.0 Å². The largest absolute Gasteiger partial charge is 0.338 e. The van der Waals surface area contributed by atoms with E-state index in [-0.39, 0.29) is 10.1 Å². The van der Waals surface area contributed by atoms with E-state index >= 15 is 0 Å². The van der Waals surface area contributed by atoms with Crippen molar-refractivity contribution in [3.8, 4) is 0 Å². The summed E-state index contributed by atoms with van der Waals surface area (Å²) >= 11 is 6.88. The fourth-order valence-electron chi connectivity index (χ4n) is 3.23. The van der Waals surface area contributed by atoms with Gasteiger partial charge in [0.1, 0.15) is 4.21 Å². The Morgan fingerprint density at radius 1 is 1.17 bits per heavy atom. The van der Waals surface area contributed by atoms with E-state index < -0.39 is 15.6 Å². The van der Waals surface area contributed by atoms with Crippen molar-refractivity contribution in [2.24, 2.45) is 5.73 Å². The Labute approximate surface area is 145 Å². The second kappa shape index (κ2) is 6.33. The molecule has 2 N–H and O–H groups in total. The van der Waals surface area contributed by atoms with Crippen molar-refractivity contribution >= 4 is 38.9 Å². The lowest BCUT2D eigenvalue weighted by Crippen LogP contribution is -2.58. The Bertz CT molecular complexity index is 690. The highest BCUT2D eigenvalue weighted by atomic mass is 35.5. The molecular weight excluding hydrogens is 358 g/mol. The van der Waals surface area contributed by atoms with Crippen LogP contribution >= 0.6 is 22.9 Å². The zero-order valence-electron chi connectivity index (χ0n) is 12.7. The quantitative estimate of drug-likeness (QED) is 0.865. The van der Waals surface area contributed by atoms with E-state index in [1.165, 1.54) is 10.4 Å². The third-order valence-corrected chi connectivity index (χ3v) is 8.19. The minimum atomic E-state index is -3.53. The lowest BCUT2D eigenvalue weighted by atomic mass is 9.97. The summed E-state index contributed by atoms with van der Waals surface area (Å²) in [5, 5.41) is 0. The molecule has 2 aliphatic rings. The van der Waals surface area contributed by atoms with Crippen LogP contribution in [0.2, 0.25) is 4.34 Å². The zero-order chi connectivity index (χ0) is 16.7. The Hall–Kier alpha value is -0.670. The summed E-state index contributed by atoms with van der Waals surface area (Å²) in [6.07, 6.45) is 3.40. The Morgan fingerprint density at radius 3 is 2.30 bits per heavy atom. The molecule has 1 amide bonds. The van der Waals surface area contributed by atoms with Crippen LogP contribution in [0.3, 0.4) is 0 Å². The molecule has 3 rings (SSSR count). The van der Waals surface area contributed by atoms with Crippen LogP contribution in [0.25, 0.3) is 0 Å². The van der Waals surface area contributed by atoms with E-state index in [0.29, 0.717) is 30.5 Å². The number of nitrogens with zero attached hydrogens (tertiary/aromatic N) is 2. The molecule has 0 atom stereocenters. The van der Waals surface area contributed by atoms with Crippen molar-refractivity contribution in [2.75, 3.05) is 26.2 Å². The molecule has 9 heteroatoms. The molecule has 2 fully saturated rings. The molecule has 128 valence electrons. The molecule has 0 radical (unpaired) electrons. The number of carbonyl (C=O) groups is 1. The van der Waals surface area contributed by atoms with E-state index in [9.17, 15) is 13.2 Å². The monoisotopic (exact) mass is 377 g/mol. The Kier molecular flexibility index (Phi) is 4.72. The van der Waals surface area contributed by atoms with Gasteiger partial charge in [-0.1, -0.05) is 24.4 Å². The van der Waals surface area contributed by atoms with E-state index in [2.05, 4.69) is 0 Å². The molecule has 2 heterocycles. The summed E-state index contributed by atoms with van der Waals surface area (Å²) in [6, 6.07) is 3.10. The number of amides is 1. The highest BCUT2D eigenvalue weighted by Crippen LogP contribution is 2.31. The average Bonchev–Trinajstić information content (AvgIpc) is 3.16. The van der Waals surface area contributed by atoms with Gasteiger partial charge in [0.15, 0.2) is 0 Å². The van der Waals surface area contributed by atoms with Gasteiger partial charge in [-0.3, -0.25) is 4.79 Å². The molecule has 6 nitrogen and oxygen atoms in total. The predicted molar refractivity (Wildman–Crippen MR) is 90.1 cm³/mol. The van der Waals surface area contributed by atoms with Crippen LogP contribution in [0.5, 0.6) is 0 Å². The SMILES string of the molecule is NC1(C(=O)N2CCN(S(=O)(=O)c3ccc(Cl)s3)CC2)CCCC1. The van der Waals surface area contributed by atoms with Gasteiger partial charge in [0.25, 0.3) is 10.0 Å². The Morgan fingerprint density at radius 2 is 1.78 bits per heavy atom. The average molecular weight is 378 g/mol. The van der Waals surface area contributed by atoms with Crippen LogP contribution in [0.4, 0.5) is 0 Å². The van der Waals surface area contributed by atoms with Gasteiger partial charge < -0.3 is 10.6 Å². The molecule has 0 aromatic carbocycles. The van der Waals surface area contributed by atoms with E-state index in [1.807, 2.05) is 0 Å². The molecule has 1 aliphatic carbocycles. The molecule has 23 heavy (non-hydrogen) atoms. The highest BCUT2D eigenvalue weighted by Gasteiger charge is 2.41. The van der Waals surface area contributed by atoms with Gasteiger partial charge in [0.2, 0.25) is 5.91 Å². The van der Waals surface area contributed by atoms with Crippen LogP contribution in [-0.2, 0) is 14.8 Å². The van der Waals surface area contributed by atoms with Crippen LogP contribution in [0, 0.1) is 0 Å². The number of carbonyl (C=O) groups excluding carboxylic acids is 1. The lowest BCUT2D eigenvalue weighted by molar-refractivity contribution is -0.138. The van der Waals surface area contributed by atoms with Crippen molar-refractivity contribution in [3.05, 3.63) is 16.5 Å². The minimum absolute atomic E-state index is 0.0359. The number of hydrogen-bond acceptors (Lipinski definition) is 5. The predicted octanol–water partition coefficient (Wildman–Crippen LogP) is 1.51. The van der Waals surface area contributed by atoms with Gasteiger partial charge in [-0.2, -0.15) is 4.31 Å². The maximum Gasteiger partial charge on any atom is 0.252 e. The lowest BCUT2D eigenvalue weighted by Gasteiger charge is -2.37. The molecule has 1 saturated heterocycles. The van der Waals surface area contributed by atoms with Gasteiger partial charge >= 0.3 is 0 Å². The van der Waals surface area contributed by atoms with Crippen LogP contribution in [0.1, 0.15) is 25.7 Å². The van der Waals surface area contributed by atoms with Crippen LogP contribution < -0.4 is 5.73 Å². The molecule has 0 bridgehead atoms. The molecule has 1 aromatic heterocycles. The maximum atomic E-state index is 12.6. The highest BCUT2D eigenvalue weighted by molar-refractivity contribution is 7.91. The van der Waals surface area contributed by atoms with Crippen LogP contribution in [-0.4, -0.2) is 55.2 Å². The first-order chi connectivity index (χ1) is 10.8. The van der Waals surface area contributed by atoms with E-state index in [0.717, 1.165) is 37.0 Å². The number of piperazine rings is 1. The summed E-state index contributed by atoms with van der Waals surface area (Å²) in [7, 11) is -3.53. The zero-order valence-corrected chi connectivity index (χ0v) is 15.1. The molecule has 0 unspecified atom stereocenters. The first kappa shape index (κ1) is 17.2. The molecule has 1 saturated carbocycles. The number of nitrogens with two attached hydrogens (primary N) is 1. The standard InChI is InChI=1S/C14H20ClN3O3S2/c15-11-3-4-12(22-11)23(20,21)18-9-7-17(8-10-18)13(19)14(16)5-1-2-6-14/h3-4H,1-2,5-10,16H2. The molecule has 1 aliphatic heterocycles. The van der Waals surface area contributed by atoms with Crippen LogP contribution in [0.15, 0.2) is 16.3 Å². The first-order valence-electron chi connectivity index (χ1n) is 7.67. The number of rotatable bonds is 3. The van der Waals surface area contributed by atoms with Gasteiger partial charge in [-0.05, 0) is 25.0 Å². The van der Waals surface area contributed by atoms with Crippen molar-refractivity contribution in [1.82, 2.24) is 9.21 Å². The summed E-state index contributed by atoms with van der Waals surface area (Å²) in [5.74, 6) is -0.0359. The maximum absolute atomic E-state index is 12.6. The minimum Gasteiger partial charge on any atom is -0.338 e. The third kappa shape index (κ3) is 3.28. The first-order valence-corrected chi connectivity index (χ1v) is 10.3. The van der Waals surface area contributed by atoms with Gasteiger partial charge in [-0.25, -0.2) is 8.42 Å². The topological polar surface area (TPSA) is 83.7 Å². The fourth-order valence-corrected chi connectivity index (χ4v) is 6.29. The smallest absolute Gasteiger partial charge is 0.252 e. The number of thiophene rings is 1. The van der Waals surface area contributed by atoms with Crippen molar-refractivity contribution in [3.63, 3.8) is 0 Å². The number of sulfonamides is 1. The molecular formula is C14H20ClN3O3S2. The fraction of sp³-hybridized carbons (Fsp3) is 0.643. The summed E-state index contributed by atoms with van der Waals surface area (Å²) in [6.45, 7) is 1.35. The number of halogens is 1. The van der Waals surface area contributed by atoms with Crippen molar-refractivity contribution < 1.29 is 13.2 Å². The molecule has 1 aromatic rings. The van der Waals surface area contributed by atoms with Crippen molar-refractivity contribution in [1.29, 1.82) is 0 Å². The third-order valence-electron chi connectivity index (χ3n) is 4.59. The molecule has 0 spiro atoms. The van der Waals surface area contributed by atoms with Crippen molar-refractivity contribution in [2.45, 2.75) is 35.4 Å². The normalized spacial score (nSPS) is 22.4. The van der Waals surface area contributed by atoms with E-state index in [4.69, 9.17) is 17.3 Å².